The third-order valence-corrected chi connectivity index (χ3v) is 5.41. The van der Waals surface area contributed by atoms with Crippen molar-refractivity contribution in [3.8, 4) is 0 Å². The molecule has 0 amide bonds. The molecule has 0 atom stereocenters. The molecule has 1 saturated heterocycles. The van der Waals surface area contributed by atoms with Gasteiger partial charge in [-0.05, 0) is 27.3 Å². The topological polar surface area (TPSA) is 55.8 Å². The van der Waals surface area contributed by atoms with Crippen molar-refractivity contribution in [1.29, 1.82) is 0 Å². The van der Waals surface area contributed by atoms with Crippen LogP contribution in [0.25, 0.3) is 0 Å². The Hall–Kier alpha value is -0.450. The van der Waals surface area contributed by atoms with E-state index in [9.17, 15) is 0 Å². The van der Waals surface area contributed by atoms with E-state index in [-0.39, 0.29) is 24.0 Å². The minimum atomic E-state index is 0. The number of guanidine groups is 1. The van der Waals surface area contributed by atoms with E-state index in [1.165, 1.54) is 37.6 Å². The maximum Gasteiger partial charge on any atom is 0.191 e. The van der Waals surface area contributed by atoms with Crippen LogP contribution in [0.15, 0.2) is 4.99 Å². The molecule has 2 rings (SSSR count). The first-order valence-electron chi connectivity index (χ1n) is 9.02. The van der Waals surface area contributed by atoms with Crippen LogP contribution in [-0.4, -0.2) is 73.1 Å². The van der Waals surface area contributed by atoms with Gasteiger partial charge in [-0.2, -0.15) is 0 Å². The van der Waals surface area contributed by atoms with E-state index in [0.29, 0.717) is 6.54 Å². The fourth-order valence-corrected chi connectivity index (χ4v) is 3.74. The molecule has 1 aromatic heterocycles. The molecule has 1 fully saturated rings. The highest BCUT2D eigenvalue weighted by Gasteiger charge is 2.14. The summed E-state index contributed by atoms with van der Waals surface area (Å²) in [6.07, 6.45) is 0. The van der Waals surface area contributed by atoms with Crippen LogP contribution < -0.4 is 10.6 Å². The predicted octanol–water partition coefficient (Wildman–Crippen LogP) is 2.07. The number of aromatic nitrogens is 1. The molecule has 1 aliphatic rings. The second-order valence-corrected chi connectivity index (χ2v) is 7.43. The Morgan fingerprint density at radius 1 is 1.12 bits per heavy atom. The van der Waals surface area contributed by atoms with Gasteiger partial charge in [0.2, 0.25) is 0 Å². The van der Waals surface area contributed by atoms with Crippen molar-refractivity contribution < 1.29 is 0 Å². The standard InChI is InChI=1S/C17H32N6S.HI/c1-5-18-17(20-13-16-14(3)21-15(4)24-16)19-7-8-23-11-9-22(6-2)10-12-23;/h5-13H2,1-4H3,(H2,18,19,20);1H. The van der Waals surface area contributed by atoms with Crippen molar-refractivity contribution in [2.24, 2.45) is 4.99 Å². The number of likely N-dealkylation sites (N-methyl/N-ethyl adjacent to an activating group) is 1. The Labute approximate surface area is 173 Å². The van der Waals surface area contributed by atoms with Gasteiger partial charge >= 0.3 is 0 Å². The minimum absolute atomic E-state index is 0. The Morgan fingerprint density at radius 3 is 2.36 bits per heavy atom. The lowest BCUT2D eigenvalue weighted by Gasteiger charge is -2.34. The third-order valence-electron chi connectivity index (χ3n) is 4.36. The zero-order valence-corrected chi connectivity index (χ0v) is 19.1. The van der Waals surface area contributed by atoms with Gasteiger partial charge in [-0.15, -0.1) is 35.3 Å². The Kier molecular flexibility index (Phi) is 10.9. The minimum Gasteiger partial charge on any atom is -0.357 e. The smallest absolute Gasteiger partial charge is 0.191 e. The number of hydrogen-bond acceptors (Lipinski definition) is 5. The number of aliphatic imine (C=N–C) groups is 1. The van der Waals surface area contributed by atoms with Crippen molar-refractivity contribution >= 4 is 41.3 Å². The molecule has 8 heteroatoms. The molecule has 0 spiro atoms. The van der Waals surface area contributed by atoms with E-state index in [0.717, 1.165) is 36.3 Å². The van der Waals surface area contributed by atoms with E-state index >= 15 is 0 Å². The van der Waals surface area contributed by atoms with Crippen LogP contribution in [0.4, 0.5) is 0 Å². The summed E-state index contributed by atoms with van der Waals surface area (Å²) in [6.45, 7) is 17.9. The highest BCUT2D eigenvalue weighted by Crippen LogP contribution is 2.17. The average molecular weight is 480 g/mol. The zero-order chi connectivity index (χ0) is 17.4. The number of piperazine rings is 1. The molecule has 0 aromatic carbocycles. The van der Waals surface area contributed by atoms with E-state index in [2.05, 4.69) is 46.2 Å². The average Bonchev–Trinajstić information content (AvgIpc) is 2.91. The maximum atomic E-state index is 4.70. The Bertz CT molecular complexity index is 525. The van der Waals surface area contributed by atoms with Gasteiger partial charge in [0.1, 0.15) is 0 Å². The van der Waals surface area contributed by atoms with Gasteiger partial charge in [-0.3, -0.25) is 4.90 Å². The summed E-state index contributed by atoms with van der Waals surface area (Å²) in [4.78, 5) is 15.5. The molecule has 0 saturated carbocycles. The second-order valence-electron chi connectivity index (χ2n) is 6.14. The van der Waals surface area contributed by atoms with Gasteiger partial charge in [0.15, 0.2) is 5.96 Å². The van der Waals surface area contributed by atoms with Crippen LogP contribution >= 0.6 is 35.3 Å². The van der Waals surface area contributed by atoms with Gasteiger partial charge in [0.05, 0.1) is 17.2 Å². The second kappa shape index (κ2) is 12.0. The van der Waals surface area contributed by atoms with Crippen molar-refractivity contribution in [2.45, 2.75) is 34.2 Å². The highest BCUT2D eigenvalue weighted by atomic mass is 127. The predicted molar refractivity (Wildman–Crippen MR) is 118 cm³/mol. The molecular weight excluding hydrogens is 447 g/mol. The number of nitrogens with one attached hydrogen (secondary N) is 2. The highest BCUT2D eigenvalue weighted by molar-refractivity contribution is 14.0. The van der Waals surface area contributed by atoms with Gasteiger partial charge in [-0.25, -0.2) is 9.98 Å². The summed E-state index contributed by atoms with van der Waals surface area (Å²) in [5.41, 5.74) is 1.10. The Balaban J connectivity index is 0.00000312. The van der Waals surface area contributed by atoms with E-state index < -0.39 is 0 Å². The lowest BCUT2D eigenvalue weighted by Crippen LogP contribution is -2.49. The van der Waals surface area contributed by atoms with E-state index in [4.69, 9.17) is 4.99 Å². The lowest BCUT2D eigenvalue weighted by molar-refractivity contribution is 0.139. The van der Waals surface area contributed by atoms with Crippen LogP contribution in [-0.2, 0) is 6.54 Å². The van der Waals surface area contributed by atoms with Crippen LogP contribution in [0.5, 0.6) is 0 Å². The molecule has 0 aliphatic carbocycles. The first-order chi connectivity index (χ1) is 11.6. The molecule has 2 heterocycles. The SMILES string of the molecule is CCNC(=NCc1sc(C)nc1C)NCCN1CCN(CC)CC1.I. The number of rotatable bonds is 7. The summed E-state index contributed by atoms with van der Waals surface area (Å²) >= 11 is 1.74. The molecule has 0 radical (unpaired) electrons. The normalized spacial score (nSPS) is 16.6. The lowest BCUT2D eigenvalue weighted by atomic mass is 10.3. The van der Waals surface area contributed by atoms with E-state index in [1.54, 1.807) is 11.3 Å². The monoisotopic (exact) mass is 480 g/mol. The molecule has 6 nitrogen and oxygen atoms in total. The number of nitrogens with zero attached hydrogens (tertiary/aromatic N) is 4. The van der Waals surface area contributed by atoms with Gasteiger partial charge in [-0.1, -0.05) is 6.92 Å². The fourth-order valence-electron chi connectivity index (χ4n) is 2.87. The summed E-state index contributed by atoms with van der Waals surface area (Å²) in [7, 11) is 0. The zero-order valence-electron chi connectivity index (χ0n) is 16.0. The molecule has 1 aromatic rings. The summed E-state index contributed by atoms with van der Waals surface area (Å²) in [5, 5.41) is 7.90. The van der Waals surface area contributed by atoms with Crippen molar-refractivity contribution in [3.63, 3.8) is 0 Å². The molecule has 0 unspecified atom stereocenters. The molecule has 144 valence electrons. The van der Waals surface area contributed by atoms with Crippen molar-refractivity contribution in [2.75, 3.05) is 52.4 Å². The number of thiazole rings is 1. The number of halogens is 1. The fraction of sp³-hybridized carbons (Fsp3) is 0.765. The van der Waals surface area contributed by atoms with Gasteiger partial charge in [0.25, 0.3) is 0 Å². The largest absolute Gasteiger partial charge is 0.357 e. The van der Waals surface area contributed by atoms with Crippen LogP contribution in [0.3, 0.4) is 0 Å². The third kappa shape index (κ3) is 7.76. The number of hydrogen-bond donors (Lipinski definition) is 2. The molecule has 2 N–H and O–H groups in total. The summed E-state index contributed by atoms with van der Waals surface area (Å²) in [6, 6.07) is 0. The van der Waals surface area contributed by atoms with Crippen LogP contribution in [0.1, 0.15) is 29.4 Å². The summed E-state index contributed by atoms with van der Waals surface area (Å²) < 4.78 is 0. The van der Waals surface area contributed by atoms with Crippen molar-refractivity contribution in [3.05, 3.63) is 15.6 Å². The van der Waals surface area contributed by atoms with Gasteiger partial charge in [0, 0.05) is 50.7 Å². The Morgan fingerprint density at radius 2 is 1.80 bits per heavy atom. The maximum absolute atomic E-state index is 4.70. The molecule has 0 bridgehead atoms. The number of aryl methyl sites for hydroxylation is 2. The molecule has 1 aliphatic heterocycles. The first-order valence-corrected chi connectivity index (χ1v) is 9.83. The van der Waals surface area contributed by atoms with Crippen LogP contribution in [0.2, 0.25) is 0 Å². The molecular formula is C17H33IN6S. The van der Waals surface area contributed by atoms with Crippen LogP contribution in [0, 0.1) is 13.8 Å². The van der Waals surface area contributed by atoms with Crippen molar-refractivity contribution in [1.82, 2.24) is 25.4 Å². The summed E-state index contributed by atoms with van der Waals surface area (Å²) in [5.74, 6) is 0.898. The quantitative estimate of drug-likeness (QED) is 0.356. The van der Waals surface area contributed by atoms with Gasteiger partial charge < -0.3 is 15.5 Å². The first kappa shape index (κ1) is 22.6. The van der Waals surface area contributed by atoms with E-state index in [1.807, 2.05) is 6.92 Å². The molecule has 25 heavy (non-hydrogen) atoms.